The van der Waals surface area contributed by atoms with Gasteiger partial charge in [0.15, 0.2) is 0 Å². The summed E-state index contributed by atoms with van der Waals surface area (Å²) in [4.78, 5) is 22.9. The minimum absolute atomic E-state index is 0.0278. The first-order valence-corrected chi connectivity index (χ1v) is 13.1. The molecule has 1 amide bonds. The van der Waals surface area contributed by atoms with Crippen LogP contribution in [0, 0.1) is 5.92 Å². The van der Waals surface area contributed by atoms with E-state index in [1.165, 1.54) is 0 Å². The molecule has 2 fully saturated rings. The number of aromatic nitrogens is 1. The summed E-state index contributed by atoms with van der Waals surface area (Å²) in [5, 5.41) is 3.50. The van der Waals surface area contributed by atoms with Gasteiger partial charge in [0.05, 0.1) is 36.2 Å². The van der Waals surface area contributed by atoms with E-state index in [0.717, 1.165) is 80.1 Å². The lowest BCUT2D eigenvalue weighted by Crippen LogP contribution is -2.39. The van der Waals surface area contributed by atoms with Crippen molar-refractivity contribution in [2.45, 2.75) is 77.2 Å². The number of piperidine rings is 1. The molecule has 0 unspecified atom stereocenters. The molecule has 2 aromatic rings. The van der Waals surface area contributed by atoms with Crippen molar-refractivity contribution in [3.63, 3.8) is 0 Å². The van der Waals surface area contributed by atoms with Crippen molar-refractivity contribution in [3.8, 4) is 0 Å². The van der Waals surface area contributed by atoms with Crippen molar-refractivity contribution in [1.82, 2.24) is 4.98 Å². The summed E-state index contributed by atoms with van der Waals surface area (Å²) < 4.78 is 11.6. The molecule has 1 aromatic heterocycles. The van der Waals surface area contributed by atoms with E-state index in [-0.39, 0.29) is 24.0 Å². The Kier molecular flexibility index (Phi) is 7.25. The van der Waals surface area contributed by atoms with Crippen LogP contribution in [0.4, 0.5) is 22.9 Å². The van der Waals surface area contributed by atoms with Gasteiger partial charge < -0.3 is 24.6 Å². The standard InChI is InChI=1S/C28H38N4O3/c1-19(2)35-24-12-15-31(16-13-24)22-8-11-25-26(17-22)32(18-21-5-4-14-29-27(21)30-25)28(33)20-6-9-23(34-3)10-7-20/h4-5,8,11,14,17,19-20,23-24H,6-7,9-10,12-13,15-16,18H2,1-3H3,(H,29,30). The molecule has 3 heterocycles. The highest BCUT2D eigenvalue weighted by Gasteiger charge is 2.33. The number of carbonyl (C=O) groups excluding carboxylic acids is 1. The number of benzene rings is 1. The molecular formula is C28H38N4O3. The molecule has 5 rings (SSSR count). The molecule has 2 aliphatic heterocycles. The Bertz CT molecular complexity index is 1030. The Labute approximate surface area is 208 Å². The predicted molar refractivity (Wildman–Crippen MR) is 139 cm³/mol. The van der Waals surface area contributed by atoms with Gasteiger partial charge in [0.2, 0.25) is 5.91 Å². The van der Waals surface area contributed by atoms with E-state index in [1.807, 2.05) is 11.0 Å². The van der Waals surface area contributed by atoms with E-state index >= 15 is 0 Å². The monoisotopic (exact) mass is 478 g/mol. The maximum absolute atomic E-state index is 13.9. The highest BCUT2D eigenvalue weighted by atomic mass is 16.5. The number of nitrogens with one attached hydrogen (secondary N) is 1. The molecule has 35 heavy (non-hydrogen) atoms. The predicted octanol–water partition coefficient (Wildman–Crippen LogP) is 5.27. The SMILES string of the molecule is COC1CCC(C(=O)N2Cc3cccnc3Nc3ccc(N4CCC(OC(C)C)CC4)cc32)CC1. The highest BCUT2D eigenvalue weighted by Crippen LogP contribution is 2.40. The fourth-order valence-corrected chi connectivity index (χ4v) is 5.71. The first-order valence-electron chi connectivity index (χ1n) is 13.1. The number of carbonyl (C=O) groups is 1. The third-order valence-electron chi connectivity index (χ3n) is 7.64. The molecule has 0 radical (unpaired) electrons. The zero-order valence-electron chi connectivity index (χ0n) is 21.2. The number of hydrogen-bond acceptors (Lipinski definition) is 6. The van der Waals surface area contributed by atoms with Crippen LogP contribution >= 0.6 is 0 Å². The van der Waals surface area contributed by atoms with Gasteiger partial charge in [-0.25, -0.2) is 4.98 Å². The fraction of sp³-hybridized carbons (Fsp3) is 0.571. The highest BCUT2D eigenvalue weighted by molar-refractivity contribution is 6.00. The van der Waals surface area contributed by atoms with E-state index < -0.39 is 0 Å². The van der Waals surface area contributed by atoms with Crippen LogP contribution in [0.25, 0.3) is 0 Å². The van der Waals surface area contributed by atoms with Crippen LogP contribution in [0.1, 0.15) is 57.9 Å². The Balaban J connectivity index is 1.41. The number of pyridine rings is 1. The number of rotatable bonds is 5. The molecule has 0 spiro atoms. The summed E-state index contributed by atoms with van der Waals surface area (Å²) in [6.45, 7) is 6.65. The molecule has 1 N–H and O–H groups in total. The first kappa shape index (κ1) is 24.1. The van der Waals surface area contributed by atoms with Gasteiger partial charge in [-0.2, -0.15) is 0 Å². The van der Waals surface area contributed by atoms with Gasteiger partial charge in [0, 0.05) is 43.6 Å². The molecular weight excluding hydrogens is 440 g/mol. The normalized spacial score (nSPS) is 22.9. The lowest BCUT2D eigenvalue weighted by Gasteiger charge is -2.35. The van der Waals surface area contributed by atoms with Crippen LogP contribution in [0.2, 0.25) is 0 Å². The number of hydrogen-bond donors (Lipinski definition) is 1. The second-order valence-electron chi connectivity index (χ2n) is 10.3. The summed E-state index contributed by atoms with van der Waals surface area (Å²) >= 11 is 0. The molecule has 188 valence electrons. The van der Waals surface area contributed by atoms with Crippen molar-refractivity contribution in [3.05, 3.63) is 42.1 Å². The Morgan fingerprint density at radius 1 is 1.06 bits per heavy atom. The second kappa shape index (κ2) is 10.5. The molecule has 7 nitrogen and oxygen atoms in total. The molecule has 1 aromatic carbocycles. The van der Waals surface area contributed by atoms with E-state index in [4.69, 9.17) is 9.47 Å². The maximum Gasteiger partial charge on any atom is 0.230 e. The van der Waals surface area contributed by atoms with Crippen LogP contribution in [0.5, 0.6) is 0 Å². The van der Waals surface area contributed by atoms with Gasteiger partial charge in [-0.1, -0.05) is 6.07 Å². The van der Waals surface area contributed by atoms with Crippen LogP contribution in [0.15, 0.2) is 36.5 Å². The number of ether oxygens (including phenoxy) is 2. The lowest BCUT2D eigenvalue weighted by atomic mass is 9.86. The quantitative estimate of drug-likeness (QED) is 0.631. The van der Waals surface area contributed by atoms with Gasteiger partial charge in [0.25, 0.3) is 0 Å². The summed E-state index contributed by atoms with van der Waals surface area (Å²) in [7, 11) is 1.77. The van der Waals surface area contributed by atoms with E-state index in [0.29, 0.717) is 12.6 Å². The third kappa shape index (κ3) is 5.31. The average Bonchev–Trinajstić information content (AvgIpc) is 3.05. The van der Waals surface area contributed by atoms with Crippen molar-refractivity contribution in [2.75, 3.05) is 35.3 Å². The lowest BCUT2D eigenvalue weighted by molar-refractivity contribution is -0.124. The van der Waals surface area contributed by atoms with Crippen LogP contribution < -0.4 is 15.1 Å². The van der Waals surface area contributed by atoms with Gasteiger partial charge >= 0.3 is 0 Å². The second-order valence-corrected chi connectivity index (χ2v) is 10.3. The fourth-order valence-electron chi connectivity index (χ4n) is 5.71. The first-order chi connectivity index (χ1) is 17.0. The smallest absolute Gasteiger partial charge is 0.230 e. The van der Waals surface area contributed by atoms with E-state index in [1.54, 1.807) is 13.3 Å². The molecule has 1 saturated heterocycles. The van der Waals surface area contributed by atoms with Crippen molar-refractivity contribution < 1.29 is 14.3 Å². The van der Waals surface area contributed by atoms with Crippen LogP contribution in [-0.2, 0) is 20.8 Å². The number of fused-ring (bicyclic) bond motifs is 2. The molecule has 7 heteroatoms. The minimum atomic E-state index is 0.0278. The topological polar surface area (TPSA) is 66.9 Å². The molecule has 3 aliphatic rings. The number of anilines is 4. The zero-order chi connectivity index (χ0) is 24.4. The molecule has 1 aliphatic carbocycles. The summed E-state index contributed by atoms with van der Waals surface area (Å²) in [5.74, 6) is 1.06. The summed E-state index contributed by atoms with van der Waals surface area (Å²) in [5.41, 5.74) is 4.08. The Hall–Kier alpha value is -2.64. The van der Waals surface area contributed by atoms with Crippen molar-refractivity contribution in [2.24, 2.45) is 5.92 Å². The van der Waals surface area contributed by atoms with Crippen LogP contribution in [0.3, 0.4) is 0 Å². The number of amides is 1. The zero-order valence-corrected chi connectivity index (χ0v) is 21.2. The summed E-state index contributed by atoms with van der Waals surface area (Å²) in [6, 6.07) is 10.5. The Morgan fingerprint density at radius 2 is 1.83 bits per heavy atom. The minimum Gasteiger partial charge on any atom is -0.381 e. The van der Waals surface area contributed by atoms with Crippen LogP contribution in [-0.4, -0.2) is 49.4 Å². The van der Waals surface area contributed by atoms with Gasteiger partial charge in [0.1, 0.15) is 5.82 Å². The van der Waals surface area contributed by atoms with Crippen molar-refractivity contribution >= 4 is 28.8 Å². The van der Waals surface area contributed by atoms with E-state index in [2.05, 4.69) is 53.3 Å². The summed E-state index contributed by atoms with van der Waals surface area (Å²) in [6.07, 6.45) is 8.34. The number of nitrogens with zero attached hydrogens (tertiary/aromatic N) is 3. The van der Waals surface area contributed by atoms with Crippen molar-refractivity contribution in [1.29, 1.82) is 0 Å². The maximum atomic E-state index is 13.9. The average molecular weight is 479 g/mol. The molecule has 1 saturated carbocycles. The third-order valence-corrected chi connectivity index (χ3v) is 7.64. The largest absolute Gasteiger partial charge is 0.381 e. The van der Waals surface area contributed by atoms with E-state index in [9.17, 15) is 4.79 Å². The van der Waals surface area contributed by atoms with Gasteiger partial charge in [-0.05, 0) is 76.6 Å². The number of methoxy groups -OCH3 is 1. The van der Waals surface area contributed by atoms with Gasteiger partial charge in [-0.3, -0.25) is 4.79 Å². The molecule has 0 atom stereocenters. The Morgan fingerprint density at radius 3 is 2.54 bits per heavy atom. The molecule has 0 bridgehead atoms. The van der Waals surface area contributed by atoms with Gasteiger partial charge in [-0.15, -0.1) is 0 Å².